The molecule has 2 N–H and O–H groups in total. The minimum Gasteiger partial charge on any atom is -0.465 e. The number of pyridine rings is 1. The van der Waals surface area contributed by atoms with Gasteiger partial charge in [-0.15, -0.1) is 0 Å². The molecule has 1 saturated heterocycles. The number of aryl methyl sites for hydroxylation is 2. The van der Waals surface area contributed by atoms with E-state index >= 15 is 0 Å². The van der Waals surface area contributed by atoms with Crippen LogP contribution in [-0.4, -0.2) is 44.5 Å². The third-order valence-electron chi connectivity index (χ3n) is 7.81. The van der Waals surface area contributed by atoms with E-state index in [1.807, 2.05) is 6.92 Å². The summed E-state index contributed by atoms with van der Waals surface area (Å²) in [4.78, 5) is 31.4. The molecule has 172 valence electrons. The monoisotopic (exact) mass is 438 g/mol. The van der Waals surface area contributed by atoms with Crippen molar-refractivity contribution in [3.63, 3.8) is 0 Å². The molecule has 4 atom stereocenters. The van der Waals surface area contributed by atoms with E-state index in [1.54, 1.807) is 0 Å². The number of amides is 2. The number of piperidine rings is 1. The number of nitrogens with zero attached hydrogens (tertiary/aromatic N) is 3. The largest absolute Gasteiger partial charge is 0.465 e. The lowest BCUT2D eigenvalue weighted by Gasteiger charge is -2.36. The van der Waals surface area contributed by atoms with E-state index in [9.17, 15) is 14.7 Å². The summed E-state index contributed by atoms with van der Waals surface area (Å²) in [6.45, 7) is 11.6. The summed E-state index contributed by atoms with van der Waals surface area (Å²) >= 11 is 0. The molecular weight excluding hydrogens is 404 g/mol. The second kappa shape index (κ2) is 6.72. The number of rotatable bonds is 4. The van der Waals surface area contributed by atoms with Crippen LogP contribution in [0.2, 0.25) is 0 Å². The van der Waals surface area contributed by atoms with Gasteiger partial charge >= 0.3 is 6.09 Å². The lowest BCUT2D eigenvalue weighted by molar-refractivity contribution is -0.126. The van der Waals surface area contributed by atoms with E-state index in [4.69, 9.17) is 4.98 Å². The van der Waals surface area contributed by atoms with Gasteiger partial charge in [-0.25, -0.2) is 9.78 Å². The van der Waals surface area contributed by atoms with E-state index in [0.29, 0.717) is 13.1 Å². The maximum atomic E-state index is 13.6. The molecule has 0 spiro atoms. The first-order valence-electron chi connectivity index (χ1n) is 11.7. The van der Waals surface area contributed by atoms with Crippen LogP contribution >= 0.6 is 0 Å². The summed E-state index contributed by atoms with van der Waals surface area (Å²) in [5.41, 5.74) is 2.75. The van der Waals surface area contributed by atoms with Gasteiger partial charge in [-0.3, -0.25) is 4.79 Å². The quantitative estimate of drug-likeness (QED) is 0.759. The van der Waals surface area contributed by atoms with Gasteiger partial charge in [0.05, 0.1) is 22.7 Å². The highest BCUT2D eigenvalue weighted by Gasteiger charge is 2.70. The number of hydrogen-bond acceptors (Lipinski definition) is 3. The Morgan fingerprint density at radius 1 is 1.28 bits per heavy atom. The number of imidazole rings is 1. The molecule has 2 aromatic rings. The van der Waals surface area contributed by atoms with Gasteiger partial charge in [0.15, 0.2) is 0 Å². The predicted molar refractivity (Wildman–Crippen MR) is 121 cm³/mol. The molecule has 5 rings (SSSR count). The Morgan fingerprint density at radius 2 is 2.03 bits per heavy atom. The van der Waals surface area contributed by atoms with Gasteiger partial charge in [0.1, 0.15) is 5.82 Å². The average Bonchev–Trinajstić information content (AvgIpc) is 2.97. The molecule has 4 unspecified atom stereocenters. The summed E-state index contributed by atoms with van der Waals surface area (Å²) in [6, 6.07) is 4.26. The van der Waals surface area contributed by atoms with Crippen molar-refractivity contribution in [1.82, 2.24) is 19.6 Å². The Hall–Kier alpha value is -2.57. The topological polar surface area (TPSA) is 86.9 Å². The van der Waals surface area contributed by atoms with Crippen LogP contribution in [0.3, 0.4) is 0 Å². The van der Waals surface area contributed by atoms with Crippen LogP contribution < -0.4 is 5.32 Å². The first-order valence-corrected chi connectivity index (χ1v) is 11.7. The molecule has 0 aromatic carbocycles. The van der Waals surface area contributed by atoms with Crippen molar-refractivity contribution in [2.75, 3.05) is 13.1 Å². The van der Waals surface area contributed by atoms with Crippen molar-refractivity contribution in [2.24, 2.45) is 22.7 Å². The van der Waals surface area contributed by atoms with Crippen LogP contribution in [0, 0.1) is 22.7 Å². The average molecular weight is 439 g/mol. The first-order chi connectivity index (χ1) is 14.9. The summed E-state index contributed by atoms with van der Waals surface area (Å²) in [6.07, 6.45) is 5.06. The van der Waals surface area contributed by atoms with Crippen LogP contribution in [0.1, 0.15) is 64.5 Å². The number of fused-ring (bicyclic) bond motifs is 1. The highest BCUT2D eigenvalue weighted by molar-refractivity contribution is 5.85. The van der Waals surface area contributed by atoms with Crippen LogP contribution in [-0.2, 0) is 23.2 Å². The Labute approximate surface area is 189 Å². The van der Waals surface area contributed by atoms with Gasteiger partial charge in [-0.2, -0.15) is 0 Å². The Balaban J connectivity index is 1.48. The Morgan fingerprint density at radius 3 is 2.66 bits per heavy atom. The number of carboxylic acid groups (broad SMARTS) is 1. The highest BCUT2D eigenvalue weighted by atomic mass is 16.4. The zero-order chi connectivity index (χ0) is 23.1. The molecule has 3 heterocycles. The van der Waals surface area contributed by atoms with Gasteiger partial charge in [0, 0.05) is 24.7 Å². The summed E-state index contributed by atoms with van der Waals surface area (Å²) in [5, 5.41) is 12.7. The van der Waals surface area contributed by atoms with E-state index in [1.165, 1.54) is 16.0 Å². The number of aromatic nitrogens is 2. The van der Waals surface area contributed by atoms with Crippen LogP contribution in [0.4, 0.5) is 4.79 Å². The number of hydrogen-bond donors (Lipinski definition) is 2. The summed E-state index contributed by atoms with van der Waals surface area (Å²) in [5.74, 6) is 0.879. The standard InChI is InChI=1S/C25H34N4O3/c1-23(2,3)13-25(5,21-26-17-10-6-8-15-9-7-11-29(21)19(15)17)27-20(30)18-16-12-28(22(31)32)14-24(16,18)4/h7,9,11,16,18H,6,8,10,12-14H2,1-5H3,(H,27,30)(H,31,32). The van der Waals surface area contributed by atoms with Crippen molar-refractivity contribution < 1.29 is 14.7 Å². The van der Waals surface area contributed by atoms with Gasteiger partial charge in [-0.1, -0.05) is 33.8 Å². The van der Waals surface area contributed by atoms with Crippen LogP contribution in [0.15, 0.2) is 18.3 Å². The zero-order valence-electron chi connectivity index (χ0n) is 19.7. The van der Waals surface area contributed by atoms with E-state index in [0.717, 1.165) is 37.2 Å². The Bertz CT molecular complexity index is 1120. The van der Waals surface area contributed by atoms with Crippen molar-refractivity contribution in [2.45, 2.75) is 65.8 Å². The molecule has 2 amide bonds. The van der Waals surface area contributed by atoms with Gasteiger partial charge in [0.25, 0.3) is 0 Å². The molecular formula is C25H34N4O3. The smallest absolute Gasteiger partial charge is 0.407 e. The first kappa shape index (κ1) is 21.3. The fourth-order valence-electron chi connectivity index (χ4n) is 6.62. The molecule has 7 nitrogen and oxygen atoms in total. The fraction of sp³-hybridized carbons (Fsp3) is 0.640. The molecule has 2 fully saturated rings. The molecule has 2 aliphatic carbocycles. The summed E-state index contributed by atoms with van der Waals surface area (Å²) < 4.78 is 2.19. The van der Waals surface area contributed by atoms with E-state index in [-0.39, 0.29) is 28.6 Å². The molecule has 32 heavy (non-hydrogen) atoms. The SMILES string of the molecule is CC(C)(C)CC(C)(NC(=O)C1C2CN(C(=O)O)CC21C)c1nc2c3c(cccn13)CCC2. The zero-order valence-corrected chi connectivity index (χ0v) is 19.7. The fourth-order valence-corrected chi connectivity index (χ4v) is 6.62. The van der Waals surface area contributed by atoms with Gasteiger partial charge in [-0.05, 0) is 55.6 Å². The molecule has 1 saturated carbocycles. The molecule has 2 aromatic heterocycles. The maximum absolute atomic E-state index is 13.6. The lowest BCUT2D eigenvalue weighted by Crippen LogP contribution is -2.49. The second-order valence-corrected chi connectivity index (χ2v) is 11.8. The minimum absolute atomic E-state index is 0.0186. The minimum atomic E-state index is -0.895. The van der Waals surface area contributed by atoms with Gasteiger partial charge in [0.2, 0.25) is 5.91 Å². The second-order valence-electron chi connectivity index (χ2n) is 11.8. The molecule has 1 aliphatic heterocycles. The molecule has 0 radical (unpaired) electrons. The Kier molecular flexibility index (Phi) is 4.47. The van der Waals surface area contributed by atoms with Crippen molar-refractivity contribution >= 4 is 17.5 Å². The highest BCUT2D eigenvalue weighted by Crippen LogP contribution is 2.63. The number of carbonyl (C=O) groups excluding carboxylic acids is 1. The number of nitrogens with one attached hydrogen (secondary N) is 1. The normalized spacial score (nSPS) is 28.3. The molecule has 3 aliphatic rings. The van der Waals surface area contributed by atoms with E-state index < -0.39 is 11.6 Å². The molecule has 0 bridgehead atoms. The van der Waals surface area contributed by atoms with E-state index in [2.05, 4.69) is 55.7 Å². The number of carbonyl (C=O) groups is 2. The maximum Gasteiger partial charge on any atom is 0.407 e. The third kappa shape index (κ3) is 3.20. The molecule has 7 heteroatoms. The summed E-state index contributed by atoms with van der Waals surface area (Å²) in [7, 11) is 0. The van der Waals surface area contributed by atoms with Crippen LogP contribution in [0.5, 0.6) is 0 Å². The van der Waals surface area contributed by atoms with Crippen molar-refractivity contribution in [3.05, 3.63) is 35.4 Å². The predicted octanol–water partition coefficient (Wildman–Crippen LogP) is 3.84. The van der Waals surface area contributed by atoms with Crippen molar-refractivity contribution in [1.29, 1.82) is 0 Å². The van der Waals surface area contributed by atoms with Gasteiger partial charge < -0.3 is 19.7 Å². The van der Waals surface area contributed by atoms with Crippen molar-refractivity contribution in [3.8, 4) is 0 Å². The number of likely N-dealkylation sites (tertiary alicyclic amines) is 1. The van der Waals surface area contributed by atoms with Crippen LogP contribution in [0.25, 0.3) is 5.52 Å². The third-order valence-corrected chi connectivity index (χ3v) is 7.81. The lowest BCUT2D eigenvalue weighted by atomic mass is 9.80.